The van der Waals surface area contributed by atoms with E-state index in [0.29, 0.717) is 0 Å². The molecule has 3 heteroatoms. The van der Waals surface area contributed by atoms with Crippen LogP contribution in [0.1, 0.15) is 16.7 Å². The lowest BCUT2D eigenvalue weighted by Gasteiger charge is -2.20. The fraction of sp³-hybridized carbons (Fsp3) is 0.286. The highest BCUT2D eigenvalue weighted by Crippen LogP contribution is 2.27. The molecule has 17 heavy (non-hydrogen) atoms. The predicted octanol–water partition coefficient (Wildman–Crippen LogP) is 3.64. The van der Waals surface area contributed by atoms with Gasteiger partial charge in [-0.15, -0.1) is 24.8 Å². The number of nitrogens with one attached hydrogen (secondary N) is 1. The van der Waals surface area contributed by atoms with E-state index in [9.17, 15) is 0 Å². The Morgan fingerprint density at radius 1 is 1.12 bits per heavy atom. The van der Waals surface area contributed by atoms with Gasteiger partial charge in [0.2, 0.25) is 0 Å². The summed E-state index contributed by atoms with van der Waals surface area (Å²) in [5.41, 5.74) is 4.50. The zero-order valence-electron chi connectivity index (χ0n) is 9.82. The minimum absolute atomic E-state index is 0. The van der Waals surface area contributed by atoms with Crippen molar-refractivity contribution in [3.8, 4) is 0 Å². The van der Waals surface area contributed by atoms with Crippen molar-refractivity contribution in [2.75, 3.05) is 6.54 Å². The van der Waals surface area contributed by atoms with Crippen LogP contribution in [0.25, 0.3) is 10.8 Å². The Morgan fingerprint density at radius 3 is 2.71 bits per heavy atom. The summed E-state index contributed by atoms with van der Waals surface area (Å²) in [7, 11) is 0. The Labute approximate surface area is 114 Å². The summed E-state index contributed by atoms with van der Waals surface area (Å²) < 4.78 is 0. The van der Waals surface area contributed by atoms with E-state index < -0.39 is 0 Å². The molecular formula is C14H17Cl2N. The van der Waals surface area contributed by atoms with E-state index in [1.54, 1.807) is 0 Å². The molecular weight excluding hydrogens is 253 g/mol. The van der Waals surface area contributed by atoms with Gasteiger partial charge in [-0.3, -0.25) is 0 Å². The molecule has 0 amide bonds. The van der Waals surface area contributed by atoms with Crippen LogP contribution in [0.4, 0.5) is 0 Å². The Hall–Kier alpha value is -0.760. The van der Waals surface area contributed by atoms with Gasteiger partial charge in [0.1, 0.15) is 0 Å². The van der Waals surface area contributed by atoms with Crippen molar-refractivity contribution >= 4 is 35.6 Å². The maximum Gasteiger partial charge on any atom is 0.0211 e. The van der Waals surface area contributed by atoms with Gasteiger partial charge in [0, 0.05) is 6.54 Å². The van der Waals surface area contributed by atoms with Crippen LogP contribution >= 0.6 is 24.8 Å². The molecule has 1 nitrogen and oxygen atoms in total. The quantitative estimate of drug-likeness (QED) is 0.770. The molecule has 2 aromatic rings. The smallest absolute Gasteiger partial charge is 0.0211 e. The standard InChI is InChI=1S/C14H15N.2ClH/c1-10-13-5-3-2-4-11(13)8-12-6-7-15-9-14(10)12;;/h2-5,8,15H,6-7,9H2,1H3;2*1H. The SMILES string of the molecule is Cc1c2c(cc3ccccc13)CCNC2.Cl.Cl. The van der Waals surface area contributed by atoms with E-state index in [1.807, 2.05) is 0 Å². The third-order valence-electron chi connectivity index (χ3n) is 3.41. The van der Waals surface area contributed by atoms with Crippen LogP contribution < -0.4 is 5.32 Å². The summed E-state index contributed by atoms with van der Waals surface area (Å²) in [6.45, 7) is 4.39. The first-order valence-corrected chi connectivity index (χ1v) is 5.57. The summed E-state index contributed by atoms with van der Waals surface area (Å²) in [6.07, 6.45) is 1.17. The largest absolute Gasteiger partial charge is 0.312 e. The molecule has 0 saturated carbocycles. The first kappa shape index (κ1) is 14.3. The van der Waals surface area contributed by atoms with Gasteiger partial charge in [0.25, 0.3) is 0 Å². The number of benzene rings is 2. The number of hydrogen-bond donors (Lipinski definition) is 1. The minimum atomic E-state index is 0. The summed E-state index contributed by atoms with van der Waals surface area (Å²) in [5.74, 6) is 0. The Morgan fingerprint density at radius 2 is 1.88 bits per heavy atom. The summed E-state index contributed by atoms with van der Waals surface area (Å²) >= 11 is 0. The number of fused-ring (bicyclic) bond motifs is 2. The fourth-order valence-corrected chi connectivity index (χ4v) is 2.55. The molecule has 1 heterocycles. The van der Waals surface area contributed by atoms with Gasteiger partial charge in [0.05, 0.1) is 0 Å². The van der Waals surface area contributed by atoms with E-state index in [-0.39, 0.29) is 24.8 Å². The summed E-state index contributed by atoms with van der Waals surface area (Å²) in [5, 5.41) is 6.23. The monoisotopic (exact) mass is 269 g/mol. The zero-order chi connectivity index (χ0) is 10.3. The fourth-order valence-electron chi connectivity index (χ4n) is 2.55. The van der Waals surface area contributed by atoms with Crippen molar-refractivity contribution in [1.82, 2.24) is 5.32 Å². The molecule has 0 radical (unpaired) electrons. The van der Waals surface area contributed by atoms with E-state index >= 15 is 0 Å². The number of hydrogen-bond acceptors (Lipinski definition) is 1. The van der Waals surface area contributed by atoms with E-state index in [0.717, 1.165) is 13.1 Å². The van der Waals surface area contributed by atoms with Gasteiger partial charge < -0.3 is 5.32 Å². The highest BCUT2D eigenvalue weighted by atomic mass is 35.5. The lowest BCUT2D eigenvalue weighted by molar-refractivity contribution is 0.642. The molecule has 0 fully saturated rings. The maximum atomic E-state index is 3.45. The molecule has 1 aliphatic rings. The lowest BCUT2D eigenvalue weighted by Crippen LogP contribution is -2.24. The third-order valence-corrected chi connectivity index (χ3v) is 3.41. The molecule has 0 atom stereocenters. The molecule has 0 spiro atoms. The van der Waals surface area contributed by atoms with Gasteiger partial charge in [0.15, 0.2) is 0 Å². The lowest BCUT2D eigenvalue weighted by atomic mass is 9.91. The van der Waals surface area contributed by atoms with Crippen LogP contribution in [-0.2, 0) is 13.0 Å². The van der Waals surface area contributed by atoms with Crippen LogP contribution in [0, 0.1) is 6.92 Å². The first-order valence-electron chi connectivity index (χ1n) is 5.57. The molecule has 0 bridgehead atoms. The van der Waals surface area contributed by atoms with Crippen molar-refractivity contribution in [3.05, 3.63) is 47.0 Å². The number of rotatable bonds is 0. The normalized spacial score (nSPS) is 13.5. The zero-order valence-corrected chi connectivity index (χ0v) is 11.5. The van der Waals surface area contributed by atoms with Crippen molar-refractivity contribution in [2.24, 2.45) is 0 Å². The van der Waals surface area contributed by atoms with Crippen molar-refractivity contribution in [3.63, 3.8) is 0 Å². The van der Waals surface area contributed by atoms with E-state index in [4.69, 9.17) is 0 Å². The van der Waals surface area contributed by atoms with Crippen LogP contribution in [0.2, 0.25) is 0 Å². The van der Waals surface area contributed by atoms with Crippen LogP contribution in [-0.4, -0.2) is 6.54 Å². The van der Waals surface area contributed by atoms with Crippen molar-refractivity contribution in [2.45, 2.75) is 19.9 Å². The highest BCUT2D eigenvalue weighted by molar-refractivity contribution is 5.87. The summed E-state index contributed by atoms with van der Waals surface area (Å²) in [6, 6.07) is 11.0. The first-order chi connectivity index (χ1) is 7.36. The maximum absolute atomic E-state index is 3.45. The molecule has 0 aliphatic carbocycles. The second kappa shape index (κ2) is 5.72. The topological polar surface area (TPSA) is 12.0 Å². The van der Waals surface area contributed by atoms with Crippen LogP contribution in [0.15, 0.2) is 30.3 Å². The average molecular weight is 270 g/mol. The molecule has 1 N–H and O–H groups in total. The van der Waals surface area contributed by atoms with E-state index in [2.05, 4.69) is 42.6 Å². The van der Waals surface area contributed by atoms with Crippen molar-refractivity contribution < 1.29 is 0 Å². The van der Waals surface area contributed by atoms with Crippen LogP contribution in [0.3, 0.4) is 0 Å². The summed E-state index contributed by atoms with van der Waals surface area (Å²) in [4.78, 5) is 0. The van der Waals surface area contributed by atoms with Crippen molar-refractivity contribution in [1.29, 1.82) is 0 Å². The number of aryl methyl sites for hydroxylation is 1. The second-order valence-electron chi connectivity index (χ2n) is 4.29. The van der Waals surface area contributed by atoms with E-state index in [1.165, 1.54) is 33.9 Å². The third kappa shape index (κ3) is 2.42. The van der Waals surface area contributed by atoms with Gasteiger partial charge >= 0.3 is 0 Å². The van der Waals surface area contributed by atoms with Gasteiger partial charge in [-0.05, 0) is 47.4 Å². The Kier molecular flexibility index (Phi) is 4.81. The number of halogens is 2. The molecule has 0 unspecified atom stereocenters. The highest BCUT2D eigenvalue weighted by Gasteiger charge is 2.12. The molecule has 0 saturated heterocycles. The Bertz CT molecular complexity index is 523. The second-order valence-corrected chi connectivity index (χ2v) is 4.29. The van der Waals surface area contributed by atoms with Crippen LogP contribution in [0.5, 0.6) is 0 Å². The van der Waals surface area contributed by atoms with Gasteiger partial charge in [-0.25, -0.2) is 0 Å². The predicted molar refractivity (Wildman–Crippen MR) is 78.6 cm³/mol. The minimum Gasteiger partial charge on any atom is -0.312 e. The van der Waals surface area contributed by atoms with Gasteiger partial charge in [-0.2, -0.15) is 0 Å². The molecule has 1 aliphatic heterocycles. The Balaban J connectivity index is 0.000000722. The average Bonchev–Trinajstić information content (AvgIpc) is 2.30. The van der Waals surface area contributed by atoms with Gasteiger partial charge in [-0.1, -0.05) is 30.3 Å². The molecule has 92 valence electrons. The molecule has 3 rings (SSSR count). The molecule has 0 aromatic heterocycles. The molecule has 2 aromatic carbocycles.